The van der Waals surface area contributed by atoms with Gasteiger partial charge in [-0.25, -0.2) is 12.8 Å². The van der Waals surface area contributed by atoms with Crippen molar-refractivity contribution >= 4 is 44.8 Å². The molecule has 0 spiro atoms. The summed E-state index contributed by atoms with van der Waals surface area (Å²) in [6, 6.07) is 9.55. The van der Waals surface area contributed by atoms with E-state index in [1.807, 2.05) is 11.0 Å². The fourth-order valence-corrected chi connectivity index (χ4v) is 6.72. The molecule has 2 aromatic rings. The maximum absolute atomic E-state index is 15.1. The molecule has 1 aliphatic heterocycles. The Morgan fingerprint density at radius 3 is 2.29 bits per heavy atom. The third kappa shape index (κ3) is 5.67. The van der Waals surface area contributed by atoms with Gasteiger partial charge in [0.05, 0.1) is 5.75 Å². The first-order chi connectivity index (χ1) is 16.1. The highest BCUT2D eigenvalue weighted by Crippen LogP contribution is 2.32. The number of hydrogen-bond acceptors (Lipinski definition) is 4. The summed E-state index contributed by atoms with van der Waals surface area (Å²) in [5.74, 6) is -0.659. The van der Waals surface area contributed by atoms with Crippen LogP contribution in [0.5, 0.6) is 0 Å². The van der Waals surface area contributed by atoms with Crippen LogP contribution < -0.4 is 4.90 Å². The number of halogens is 3. The largest absolute Gasteiger partial charge is 0.368 e. The summed E-state index contributed by atoms with van der Waals surface area (Å²) in [6.07, 6.45) is 2.47. The molecule has 10 heteroatoms. The van der Waals surface area contributed by atoms with Gasteiger partial charge < -0.3 is 9.80 Å². The zero-order chi connectivity index (χ0) is 24.5. The van der Waals surface area contributed by atoms with Crippen LogP contribution in [0, 0.1) is 5.82 Å². The van der Waals surface area contributed by atoms with Gasteiger partial charge in [0.1, 0.15) is 5.82 Å². The van der Waals surface area contributed by atoms with Crippen molar-refractivity contribution in [3.63, 3.8) is 0 Å². The average molecular weight is 528 g/mol. The van der Waals surface area contributed by atoms with E-state index in [0.717, 1.165) is 24.9 Å². The number of piperazine rings is 1. The van der Waals surface area contributed by atoms with Crippen molar-refractivity contribution in [2.24, 2.45) is 0 Å². The SMILES string of the molecule is CC(=O)N1CCN(c2ccc(CN(C3CCC3)S(=O)(=O)Cc3ccc(Cl)cc3Cl)c(F)c2)CC1. The van der Waals surface area contributed by atoms with Crippen LogP contribution >= 0.6 is 23.2 Å². The van der Waals surface area contributed by atoms with E-state index in [1.165, 1.54) is 16.4 Å². The van der Waals surface area contributed by atoms with E-state index < -0.39 is 15.8 Å². The number of sulfonamides is 1. The smallest absolute Gasteiger partial charge is 0.219 e. The Morgan fingerprint density at radius 2 is 1.74 bits per heavy atom. The molecule has 2 aliphatic rings. The molecular weight excluding hydrogens is 500 g/mol. The van der Waals surface area contributed by atoms with Crippen molar-refractivity contribution in [1.82, 2.24) is 9.21 Å². The predicted molar refractivity (Wildman–Crippen MR) is 133 cm³/mol. The van der Waals surface area contributed by atoms with E-state index >= 15 is 4.39 Å². The topological polar surface area (TPSA) is 60.9 Å². The first-order valence-electron chi connectivity index (χ1n) is 11.4. The molecule has 34 heavy (non-hydrogen) atoms. The predicted octanol–water partition coefficient (Wildman–Crippen LogP) is 4.69. The number of anilines is 1. The van der Waals surface area contributed by atoms with E-state index in [9.17, 15) is 13.2 Å². The van der Waals surface area contributed by atoms with Gasteiger partial charge in [0.25, 0.3) is 0 Å². The molecule has 4 rings (SSSR count). The Balaban J connectivity index is 1.51. The van der Waals surface area contributed by atoms with Crippen LogP contribution in [0.4, 0.5) is 10.1 Å². The number of hydrogen-bond donors (Lipinski definition) is 0. The van der Waals surface area contributed by atoms with Gasteiger partial charge in [0.15, 0.2) is 0 Å². The van der Waals surface area contributed by atoms with E-state index in [-0.39, 0.29) is 24.2 Å². The van der Waals surface area contributed by atoms with Crippen LogP contribution in [-0.2, 0) is 27.1 Å². The van der Waals surface area contributed by atoms with Gasteiger partial charge in [0, 0.05) is 67.0 Å². The van der Waals surface area contributed by atoms with Gasteiger partial charge in [-0.3, -0.25) is 4.79 Å². The molecule has 2 aromatic carbocycles. The van der Waals surface area contributed by atoms with E-state index in [4.69, 9.17) is 23.2 Å². The highest BCUT2D eigenvalue weighted by Gasteiger charge is 2.35. The minimum Gasteiger partial charge on any atom is -0.368 e. The minimum atomic E-state index is -3.74. The van der Waals surface area contributed by atoms with Gasteiger partial charge in [-0.15, -0.1) is 0 Å². The maximum Gasteiger partial charge on any atom is 0.219 e. The van der Waals surface area contributed by atoms with Gasteiger partial charge in [-0.1, -0.05) is 41.8 Å². The van der Waals surface area contributed by atoms with Gasteiger partial charge in [-0.2, -0.15) is 4.31 Å². The molecule has 2 fully saturated rings. The van der Waals surface area contributed by atoms with Crippen LogP contribution in [0.1, 0.15) is 37.3 Å². The third-order valence-corrected chi connectivity index (χ3v) is 9.05. The zero-order valence-electron chi connectivity index (χ0n) is 19.0. The second kappa shape index (κ2) is 10.4. The minimum absolute atomic E-state index is 0.0254. The van der Waals surface area contributed by atoms with Gasteiger partial charge in [0.2, 0.25) is 15.9 Å². The van der Waals surface area contributed by atoms with Crippen LogP contribution in [0.25, 0.3) is 0 Å². The number of nitrogens with zero attached hydrogens (tertiary/aromatic N) is 3. The van der Waals surface area contributed by atoms with Gasteiger partial charge >= 0.3 is 0 Å². The molecule has 1 aliphatic carbocycles. The number of rotatable bonds is 7. The highest BCUT2D eigenvalue weighted by molar-refractivity contribution is 7.88. The normalized spacial score (nSPS) is 17.2. The molecule has 0 N–H and O–H groups in total. The Morgan fingerprint density at radius 1 is 1.06 bits per heavy atom. The lowest BCUT2D eigenvalue weighted by molar-refractivity contribution is -0.129. The summed E-state index contributed by atoms with van der Waals surface area (Å²) in [7, 11) is -3.74. The summed E-state index contributed by atoms with van der Waals surface area (Å²) in [5.41, 5.74) is 1.54. The molecule has 6 nitrogen and oxygen atoms in total. The lowest BCUT2D eigenvalue weighted by atomic mass is 9.93. The number of amides is 1. The standard InChI is InChI=1S/C24H28Cl2FN3O3S/c1-17(31)28-9-11-29(12-10-28)22-8-6-18(24(27)14-22)15-30(21-3-2-4-21)34(32,33)16-19-5-7-20(25)13-23(19)26/h5-8,13-14,21H,2-4,9-12,15-16H2,1H3. The molecule has 0 radical (unpaired) electrons. The fourth-order valence-electron chi connectivity index (χ4n) is 4.36. The summed E-state index contributed by atoms with van der Waals surface area (Å²) >= 11 is 12.2. The van der Waals surface area contributed by atoms with Crippen LogP contribution in [0.15, 0.2) is 36.4 Å². The lowest BCUT2D eigenvalue weighted by Crippen LogP contribution is -2.48. The molecule has 1 saturated carbocycles. The van der Waals surface area contributed by atoms with Crippen molar-refractivity contribution in [1.29, 1.82) is 0 Å². The Kier molecular flexibility index (Phi) is 7.72. The molecule has 1 saturated heterocycles. The van der Waals surface area contributed by atoms with Crippen LogP contribution in [0.3, 0.4) is 0 Å². The van der Waals surface area contributed by atoms with Crippen molar-refractivity contribution < 1.29 is 17.6 Å². The van der Waals surface area contributed by atoms with Crippen molar-refractivity contribution in [2.45, 2.75) is 44.5 Å². The number of benzene rings is 2. The quantitative estimate of drug-likeness (QED) is 0.524. The van der Waals surface area contributed by atoms with E-state index in [1.54, 1.807) is 30.0 Å². The van der Waals surface area contributed by atoms with Crippen LogP contribution in [-0.4, -0.2) is 55.8 Å². The van der Waals surface area contributed by atoms with Gasteiger partial charge in [-0.05, 0) is 42.7 Å². The zero-order valence-corrected chi connectivity index (χ0v) is 21.3. The van der Waals surface area contributed by atoms with Crippen LogP contribution in [0.2, 0.25) is 10.0 Å². The molecule has 1 heterocycles. The van der Waals surface area contributed by atoms with Crippen molar-refractivity contribution in [3.05, 3.63) is 63.4 Å². The van der Waals surface area contributed by atoms with E-state index in [0.29, 0.717) is 47.4 Å². The molecule has 0 atom stereocenters. The second-order valence-electron chi connectivity index (χ2n) is 8.89. The molecule has 184 valence electrons. The molecule has 0 unspecified atom stereocenters. The number of carbonyl (C=O) groups is 1. The van der Waals surface area contributed by atoms with Crippen molar-refractivity contribution in [2.75, 3.05) is 31.1 Å². The Hall–Kier alpha value is -1.87. The highest BCUT2D eigenvalue weighted by atomic mass is 35.5. The molecule has 1 amide bonds. The molecule has 0 aromatic heterocycles. The van der Waals surface area contributed by atoms with E-state index in [2.05, 4.69) is 0 Å². The Bertz CT molecular complexity index is 1170. The monoisotopic (exact) mass is 527 g/mol. The Labute approximate surface area is 210 Å². The fraction of sp³-hybridized carbons (Fsp3) is 0.458. The third-order valence-electron chi connectivity index (χ3n) is 6.65. The second-order valence-corrected chi connectivity index (χ2v) is 11.7. The number of carbonyl (C=O) groups excluding carboxylic acids is 1. The lowest BCUT2D eigenvalue weighted by Gasteiger charge is -2.37. The molecular formula is C24H28Cl2FN3O3S. The first-order valence-corrected chi connectivity index (χ1v) is 13.7. The summed E-state index contributed by atoms with van der Waals surface area (Å²) in [5, 5.41) is 0.733. The summed E-state index contributed by atoms with van der Waals surface area (Å²) < 4.78 is 43.3. The van der Waals surface area contributed by atoms with Crippen molar-refractivity contribution in [3.8, 4) is 0 Å². The summed E-state index contributed by atoms with van der Waals surface area (Å²) in [4.78, 5) is 15.3. The maximum atomic E-state index is 15.1. The average Bonchev–Trinajstić information content (AvgIpc) is 2.75. The molecule has 0 bridgehead atoms. The summed E-state index contributed by atoms with van der Waals surface area (Å²) in [6.45, 7) is 3.97. The first kappa shape index (κ1) is 25.2.